The van der Waals surface area contributed by atoms with E-state index in [1.807, 2.05) is 60.7 Å². The van der Waals surface area contributed by atoms with Crippen molar-refractivity contribution in [3.05, 3.63) is 224 Å². The largest absolute Gasteiger partial charge is 0.309 e. The van der Waals surface area contributed by atoms with Gasteiger partial charge in [0.25, 0.3) is 0 Å². The molecule has 3 heterocycles. The van der Waals surface area contributed by atoms with Crippen LogP contribution < -0.4 is 0 Å². The maximum atomic E-state index is 11.2. The van der Waals surface area contributed by atoms with Crippen LogP contribution in [-0.4, -0.2) is 24.1 Å². The Balaban J connectivity index is 1.05. The first-order chi connectivity index (χ1) is 31.7. The molecule has 12 aromatic rings. The van der Waals surface area contributed by atoms with E-state index < -0.39 is 0 Å². The van der Waals surface area contributed by atoms with E-state index in [0.717, 1.165) is 72.4 Å². The minimum absolute atomic E-state index is 0.517. The van der Waals surface area contributed by atoms with Crippen molar-refractivity contribution < 1.29 is 0 Å². The van der Waals surface area contributed by atoms with E-state index in [1.165, 1.54) is 21.5 Å². The van der Waals surface area contributed by atoms with Crippen LogP contribution in [0.5, 0.6) is 0 Å². The summed E-state index contributed by atoms with van der Waals surface area (Å²) in [7, 11) is 0. The van der Waals surface area contributed by atoms with Crippen LogP contribution in [0, 0.1) is 11.3 Å². The van der Waals surface area contributed by atoms with E-state index in [9.17, 15) is 5.26 Å². The van der Waals surface area contributed by atoms with Crippen molar-refractivity contribution in [3.63, 3.8) is 0 Å². The Labute approximate surface area is 369 Å². The first-order valence-electron chi connectivity index (χ1n) is 21.3. The molecule has 0 aliphatic rings. The van der Waals surface area contributed by atoms with Crippen LogP contribution in [0.3, 0.4) is 0 Å². The molecule has 298 valence electrons. The number of hydrogen-bond acceptors (Lipinski definition) is 4. The first kappa shape index (κ1) is 36.9. The van der Waals surface area contributed by atoms with E-state index >= 15 is 0 Å². The predicted octanol–water partition coefficient (Wildman–Crippen LogP) is 14.3. The zero-order valence-electron chi connectivity index (χ0n) is 34.5. The van der Waals surface area contributed by atoms with Crippen LogP contribution in [0.15, 0.2) is 218 Å². The van der Waals surface area contributed by atoms with Crippen molar-refractivity contribution >= 4 is 43.6 Å². The molecule has 0 unspecified atom stereocenters. The van der Waals surface area contributed by atoms with E-state index in [2.05, 4.69) is 173 Å². The molecule has 0 aliphatic carbocycles. The molecule has 0 N–H and O–H groups in total. The molecule has 0 fully saturated rings. The van der Waals surface area contributed by atoms with Gasteiger partial charge in [-0.15, -0.1) is 0 Å². The van der Waals surface area contributed by atoms with Crippen molar-refractivity contribution in [1.29, 1.82) is 5.26 Å². The van der Waals surface area contributed by atoms with Gasteiger partial charge in [-0.3, -0.25) is 0 Å². The maximum Gasteiger partial charge on any atom is 0.164 e. The molecule has 0 atom stereocenters. The smallest absolute Gasteiger partial charge is 0.164 e. The van der Waals surface area contributed by atoms with Crippen molar-refractivity contribution in [2.45, 2.75) is 0 Å². The number of para-hydroxylation sites is 4. The maximum absolute atomic E-state index is 11.2. The van der Waals surface area contributed by atoms with E-state index in [0.29, 0.717) is 23.0 Å². The average molecular weight is 817 g/mol. The van der Waals surface area contributed by atoms with Crippen LogP contribution in [0.25, 0.3) is 111 Å². The van der Waals surface area contributed by atoms with Crippen molar-refractivity contribution in [2.75, 3.05) is 0 Å². The lowest BCUT2D eigenvalue weighted by atomic mass is 9.89. The Morgan fingerprint density at radius 3 is 0.969 bits per heavy atom. The number of nitrogens with zero attached hydrogens (tertiary/aromatic N) is 6. The van der Waals surface area contributed by atoms with Crippen molar-refractivity contribution in [3.8, 4) is 73.9 Å². The minimum Gasteiger partial charge on any atom is -0.309 e. The van der Waals surface area contributed by atoms with Gasteiger partial charge in [0, 0.05) is 60.7 Å². The third kappa shape index (κ3) is 6.14. The third-order valence-corrected chi connectivity index (χ3v) is 12.2. The second-order valence-electron chi connectivity index (χ2n) is 15.9. The zero-order valence-corrected chi connectivity index (χ0v) is 34.5. The Morgan fingerprint density at radius 1 is 0.312 bits per heavy atom. The van der Waals surface area contributed by atoms with E-state index in [1.54, 1.807) is 0 Å². The molecule has 12 rings (SSSR count). The number of benzene rings is 9. The standard InChI is InChI=1S/C58H36N6/c59-37-51-49(38-27-31-43(32-28-38)63-52-23-11-7-19-45(52)46-20-8-12-24-53(46)63)35-42(58-61-56(40-15-3-1-4-16-40)60-57(62-58)41-17-5-2-6-18-41)36-50(51)39-29-33-44(34-30-39)64-54-25-13-9-21-47(54)48-22-10-14-26-55(48)64/h1-36H. The SMILES string of the molecule is N#Cc1c(-c2ccc(-n3c4ccccc4c4ccccc43)cc2)cc(-c2nc(-c3ccccc3)nc(-c3ccccc3)n2)cc1-c1ccc(-n2c3ccccc3c3ccccc32)cc1. The fourth-order valence-electron chi connectivity index (χ4n) is 9.27. The Hall–Kier alpha value is -8.92. The molecule has 6 nitrogen and oxygen atoms in total. The number of nitriles is 1. The molecule has 0 amide bonds. The highest BCUT2D eigenvalue weighted by Crippen LogP contribution is 2.40. The predicted molar refractivity (Wildman–Crippen MR) is 260 cm³/mol. The highest BCUT2D eigenvalue weighted by Gasteiger charge is 2.20. The summed E-state index contributed by atoms with van der Waals surface area (Å²) in [5.74, 6) is 1.66. The molecule has 9 aromatic carbocycles. The van der Waals surface area contributed by atoms with Gasteiger partial charge in [0.05, 0.1) is 27.6 Å². The number of hydrogen-bond donors (Lipinski definition) is 0. The summed E-state index contributed by atoms with van der Waals surface area (Å²) in [4.78, 5) is 15.2. The monoisotopic (exact) mass is 816 g/mol. The summed E-state index contributed by atoms with van der Waals surface area (Å²) in [6.07, 6.45) is 0. The van der Waals surface area contributed by atoms with Gasteiger partial charge in [-0.25, -0.2) is 15.0 Å². The van der Waals surface area contributed by atoms with Crippen molar-refractivity contribution in [2.24, 2.45) is 0 Å². The van der Waals surface area contributed by atoms with Gasteiger partial charge >= 0.3 is 0 Å². The zero-order chi connectivity index (χ0) is 42.6. The molecule has 0 saturated carbocycles. The van der Waals surface area contributed by atoms with E-state index in [-0.39, 0.29) is 0 Å². The van der Waals surface area contributed by atoms with Gasteiger partial charge in [-0.2, -0.15) is 5.26 Å². The second-order valence-corrected chi connectivity index (χ2v) is 15.9. The Kier molecular flexibility index (Phi) is 8.77. The Morgan fingerprint density at radius 2 is 0.625 bits per heavy atom. The molecular weight excluding hydrogens is 781 g/mol. The third-order valence-electron chi connectivity index (χ3n) is 12.2. The topological polar surface area (TPSA) is 72.3 Å². The van der Waals surface area contributed by atoms with Gasteiger partial charge in [-0.05, 0) is 71.8 Å². The van der Waals surface area contributed by atoms with Gasteiger partial charge in [0.15, 0.2) is 17.5 Å². The molecule has 0 radical (unpaired) electrons. The number of fused-ring (bicyclic) bond motifs is 6. The molecule has 64 heavy (non-hydrogen) atoms. The fourth-order valence-corrected chi connectivity index (χ4v) is 9.27. The summed E-state index contributed by atoms with van der Waals surface area (Å²) in [6, 6.07) is 77.9. The fraction of sp³-hybridized carbons (Fsp3) is 0. The molecular formula is C58H36N6. The first-order valence-corrected chi connectivity index (χ1v) is 21.3. The molecule has 0 bridgehead atoms. The summed E-state index contributed by atoms with van der Waals surface area (Å²) in [5, 5.41) is 16.0. The van der Waals surface area contributed by atoms with E-state index in [4.69, 9.17) is 15.0 Å². The molecule has 6 heteroatoms. The van der Waals surface area contributed by atoms with Crippen LogP contribution in [-0.2, 0) is 0 Å². The minimum atomic E-state index is 0.517. The van der Waals surface area contributed by atoms with Crippen molar-refractivity contribution in [1.82, 2.24) is 24.1 Å². The highest BCUT2D eigenvalue weighted by molar-refractivity contribution is 6.10. The van der Waals surface area contributed by atoms with Gasteiger partial charge in [0.2, 0.25) is 0 Å². The second kappa shape index (κ2) is 15.2. The summed E-state index contributed by atoms with van der Waals surface area (Å²) < 4.78 is 4.61. The lowest BCUT2D eigenvalue weighted by molar-refractivity contribution is 1.07. The molecule has 0 aliphatic heterocycles. The normalized spacial score (nSPS) is 11.4. The number of aromatic nitrogens is 5. The summed E-state index contributed by atoms with van der Waals surface area (Å²) in [5.41, 5.74) is 13.2. The van der Waals surface area contributed by atoms with Gasteiger partial charge < -0.3 is 9.13 Å². The quantitative estimate of drug-likeness (QED) is 0.161. The van der Waals surface area contributed by atoms with Crippen LogP contribution in [0.2, 0.25) is 0 Å². The van der Waals surface area contributed by atoms with Crippen LogP contribution >= 0.6 is 0 Å². The lowest BCUT2D eigenvalue weighted by Gasteiger charge is -2.16. The lowest BCUT2D eigenvalue weighted by Crippen LogP contribution is -2.01. The highest BCUT2D eigenvalue weighted by atomic mass is 15.0. The van der Waals surface area contributed by atoms with Crippen LogP contribution in [0.4, 0.5) is 0 Å². The Bertz CT molecular complexity index is 3420. The average Bonchev–Trinajstić information content (AvgIpc) is 3.89. The summed E-state index contributed by atoms with van der Waals surface area (Å²) >= 11 is 0. The molecule has 0 saturated heterocycles. The molecule has 0 spiro atoms. The van der Waals surface area contributed by atoms with Crippen LogP contribution in [0.1, 0.15) is 5.56 Å². The molecule has 3 aromatic heterocycles. The number of rotatable bonds is 7. The summed E-state index contributed by atoms with van der Waals surface area (Å²) in [6.45, 7) is 0. The van der Waals surface area contributed by atoms with Gasteiger partial charge in [-0.1, -0.05) is 158 Å². The van der Waals surface area contributed by atoms with Gasteiger partial charge in [0.1, 0.15) is 6.07 Å².